The Kier molecular flexibility index (Phi) is 3.73. The average Bonchev–Trinajstić information content (AvgIpc) is 3.21. The molecule has 6 heteroatoms. The highest BCUT2D eigenvalue weighted by atomic mass is 32.1. The summed E-state index contributed by atoms with van der Waals surface area (Å²) in [5.74, 6) is -0.204. The maximum Gasteiger partial charge on any atom is 0.255 e. The Balaban J connectivity index is 1.78. The van der Waals surface area contributed by atoms with Crippen molar-refractivity contribution in [3.63, 3.8) is 0 Å². The largest absolute Gasteiger partial charge is 0.372 e. The van der Waals surface area contributed by atoms with Crippen molar-refractivity contribution in [3.8, 4) is 0 Å². The molecular weight excluding hydrogens is 286 g/mol. The highest BCUT2D eigenvalue weighted by Crippen LogP contribution is 2.54. The van der Waals surface area contributed by atoms with Crippen molar-refractivity contribution in [1.82, 2.24) is 10.2 Å². The number of carbonyl (C=O) groups excluding carboxylic acids is 1. The van der Waals surface area contributed by atoms with Crippen molar-refractivity contribution in [2.45, 2.75) is 31.3 Å². The predicted octanol–water partition coefficient (Wildman–Crippen LogP) is 2.59. The molecule has 1 aromatic heterocycles. The first-order chi connectivity index (χ1) is 10.2. The van der Waals surface area contributed by atoms with Gasteiger partial charge in [0.05, 0.1) is 0 Å². The Hall–Kier alpha value is -1.79. The summed E-state index contributed by atoms with van der Waals surface area (Å²) < 4.78 is 4.98. The van der Waals surface area contributed by atoms with E-state index in [1.807, 2.05) is 18.2 Å². The van der Waals surface area contributed by atoms with Gasteiger partial charge in [0, 0.05) is 12.5 Å². The molecule has 0 saturated heterocycles. The van der Waals surface area contributed by atoms with Crippen molar-refractivity contribution in [2.75, 3.05) is 12.4 Å². The Morgan fingerprint density at radius 2 is 2.05 bits per heavy atom. The molecule has 1 aromatic carbocycles. The number of ether oxygens (including phenoxy) is 1. The summed E-state index contributed by atoms with van der Waals surface area (Å²) in [6, 6.07) is 10.3. The molecule has 1 amide bonds. The van der Waals surface area contributed by atoms with E-state index in [0.29, 0.717) is 5.13 Å². The SMILES string of the molecule is CO[C@H](C)C(=O)Nc1nnc(C2(c3ccccc3)CC2)s1. The summed E-state index contributed by atoms with van der Waals surface area (Å²) in [5.41, 5.74) is 1.26. The molecule has 0 aliphatic heterocycles. The van der Waals surface area contributed by atoms with Gasteiger partial charge in [-0.3, -0.25) is 10.1 Å². The van der Waals surface area contributed by atoms with Crippen LogP contribution in [0.4, 0.5) is 5.13 Å². The summed E-state index contributed by atoms with van der Waals surface area (Å²) >= 11 is 1.44. The van der Waals surface area contributed by atoms with E-state index in [-0.39, 0.29) is 11.3 Å². The summed E-state index contributed by atoms with van der Waals surface area (Å²) in [4.78, 5) is 11.8. The third kappa shape index (κ3) is 2.69. The van der Waals surface area contributed by atoms with E-state index in [0.717, 1.165) is 17.8 Å². The summed E-state index contributed by atoms with van der Waals surface area (Å²) in [6.45, 7) is 1.70. The van der Waals surface area contributed by atoms with Gasteiger partial charge in [0.15, 0.2) is 0 Å². The second-order valence-electron chi connectivity index (χ2n) is 5.23. The molecular formula is C15H17N3O2S. The van der Waals surface area contributed by atoms with Crippen molar-refractivity contribution in [1.29, 1.82) is 0 Å². The molecule has 0 unspecified atom stereocenters. The first kappa shape index (κ1) is 14.2. The molecule has 5 nitrogen and oxygen atoms in total. The number of amides is 1. The minimum absolute atomic E-state index is 0.00518. The standard InChI is InChI=1S/C15H17N3O2S/c1-10(20-2)12(19)16-14-18-17-13(21-14)15(8-9-15)11-6-4-3-5-7-11/h3-7,10H,8-9H2,1-2H3,(H,16,18,19)/t10-/m1/s1. The number of carbonyl (C=O) groups is 1. The normalized spacial score (nSPS) is 17.2. The predicted molar refractivity (Wildman–Crippen MR) is 81.5 cm³/mol. The van der Waals surface area contributed by atoms with Gasteiger partial charge in [-0.15, -0.1) is 10.2 Å². The molecule has 1 saturated carbocycles. The van der Waals surface area contributed by atoms with E-state index in [1.54, 1.807) is 6.92 Å². The van der Waals surface area contributed by atoms with Crippen LogP contribution in [0, 0.1) is 0 Å². The van der Waals surface area contributed by atoms with Crippen LogP contribution in [0.1, 0.15) is 30.3 Å². The fraction of sp³-hybridized carbons (Fsp3) is 0.400. The number of methoxy groups -OCH3 is 1. The number of aromatic nitrogens is 2. The third-order valence-electron chi connectivity index (χ3n) is 3.86. The molecule has 1 aliphatic carbocycles. The highest BCUT2D eigenvalue weighted by Gasteiger charge is 2.48. The van der Waals surface area contributed by atoms with Gasteiger partial charge >= 0.3 is 0 Å². The lowest BCUT2D eigenvalue weighted by molar-refractivity contribution is -0.124. The molecule has 1 N–H and O–H groups in total. The molecule has 0 spiro atoms. The summed E-state index contributed by atoms with van der Waals surface area (Å²) in [5, 5.41) is 12.6. The lowest BCUT2D eigenvalue weighted by Gasteiger charge is -2.11. The van der Waals surface area contributed by atoms with Crippen molar-refractivity contribution >= 4 is 22.4 Å². The molecule has 0 bridgehead atoms. The van der Waals surface area contributed by atoms with E-state index in [1.165, 1.54) is 24.0 Å². The lowest BCUT2D eigenvalue weighted by Crippen LogP contribution is -2.26. The van der Waals surface area contributed by atoms with Crippen LogP contribution in [-0.2, 0) is 14.9 Å². The van der Waals surface area contributed by atoms with Crippen LogP contribution in [0.2, 0.25) is 0 Å². The first-order valence-corrected chi connectivity index (χ1v) is 7.70. The fourth-order valence-corrected chi connectivity index (χ4v) is 3.30. The number of hydrogen-bond donors (Lipinski definition) is 1. The number of hydrogen-bond acceptors (Lipinski definition) is 5. The molecule has 1 heterocycles. The van der Waals surface area contributed by atoms with Gasteiger partial charge < -0.3 is 4.74 Å². The molecule has 2 aromatic rings. The second kappa shape index (κ2) is 5.54. The molecule has 1 aliphatic rings. The second-order valence-corrected chi connectivity index (χ2v) is 6.21. The van der Waals surface area contributed by atoms with Gasteiger partial charge in [0.25, 0.3) is 5.91 Å². The molecule has 3 rings (SSSR count). The van der Waals surface area contributed by atoms with Crippen LogP contribution in [0.3, 0.4) is 0 Å². The number of anilines is 1. The Morgan fingerprint density at radius 3 is 2.67 bits per heavy atom. The van der Waals surface area contributed by atoms with E-state index in [4.69, 9.17) is 4.74 Å². The summed E-state index contributed by atoms with van der Waals surface area (Å²) in [6.07, 6.45) is 1.66. The monoisotopic (exact) mass is 303 g/mol. The molecule has 110 valence electrons. The first-order valence-electron chi connectivity index (χ1n) is 6.89. The van der Waals surface area contributed by atoms with E-state index in [9.17, 15) is 4.79 Å². The van der Waals surface area contributed by atoms with E-state index in [2.05, 4.69) is 27.6 Å². The maximum absolute atomic E-state index is 11.8. The van der Waals surface area contributed by atoms with Crippen LogP contribution in [0.5, 0.6) is 0 Å². The van der Waals surface area contributed by atoms with Crippen LogP contribution in [-0.4, -0.2) is 29.3 Å². The van der Waals surface area contributed by atoms with Gasteiger partial charge in [0.1, 0.15) is 11.1 Å². The molecule has 0 radical (unpaired) electrons. The average molecular weight is 303 g/mol. The highest BCUT2D eigenvalue weighted by molar-refractivity contribution is 7.15. The van der Waals surface area contributed by atoms with Gasteiger partial charge in [-0.1, -0.05) is 41.7 Å². The fourth-order valence-electron chi connectivity index (χ4n) is 2.29. The lowest BCUT2D eigenvalue weighted by atomic mass is 9.97. The number of nitrogens with zero attached hydrogens (tertiary/aromatic N) is 2. The van der Waals surface area contributed by atoms with Gasteiger partial charge in [-0.25, -0.2) is 0 Å². The van der Waals surface area contributed by atoms with Gasteiger partial charge in [-0.05, 0) is 25.3 Å². The zero-order valence-electron chi connectivity index (χ0n) is 12.0. The van der Waals surface area contributed by atoms with Crippen molar-refractivity contribution < 1.29 is 9.53 Å². The minimum Gasteiger partial charge on any atom is -0.372 e. The zero-order valence-corrected chi connectivity index (χ0v) is 12.8. The van der Waals surface area contributed by atoms with Gasteiger partial charge in [-0.2, -0.15) is 0 Å². The summed E-state index contributed by atoms with van der Waals surface area (Å²) in [7, 11) is 1.50. The van der Waals surface area contributed by atoms with Crippen molar-refractivity contribution in [3.05, 3.63) is 40.9 Å². The van der Waals surface area contributed by atoms with Crippen LogP contribution >= 0.6 is 11.3 Å². The quantitative estimate of drug-likeness (QED) is 0.922. The number of nitrogens with one attached hydrogen (secondary N) is 1. The van der Waals surface area contributed by atoms with Crippen LogP contribution in [0.25, 0.3) is 0 Å². The molecule has 21 heavy (non-hydrogen) atoms. The van der Waals surface area contributed by atoms with Crippen LogP contribution in [0.15, 0.2) is 30.3 Å². The molecule has 1 fully saturated rings. The van der Waals surface area contributed by atoms with E-state index < -0.39 is 6.10 Å². The maximum atomic E-state index is 11.8. The Morgan fingerprint density at radius 1 is 1.33 bits per heavy atom. The van der Waals surface area contributed by atoms with Gasteiger partial charge in [0.2, 0.25) is 5.13 Å². The topological polar surface area (TPSA) is 64.1 Å². The van der Waals surface area contributed by atoms with Crippen LogP contribution < -0.4 is 5.32 Å². The Labute approximate surface area is 127 Å². The van der Waals surface area contributed by atoms with Crippen molar-refractivity contribution in [2.24, 2.45) is 0 Å². The Bertz CT molecular complexity index is 637. The third-order valence-corrected chi connectivity index (χ3v) is 4.91. The minimum atomic E-state index is -0.499. The molecule has 1 atom stereocenters. The zero-order chi connectivity index (χ0) is 14.9. The smallest absolute Gasteiger partial charge is 0.255 e. The number of rotatable bonds is 5. The number of benzene rings is 1. The van der Waals surface area contributed by atoms with E-state index >= 15 is 0 Å².